The molecule has 1 aliphatic carbocycles. The molecule has 19 heavy (non-hydrogen) atoms. The normalized spacial score (nSPS) is 34.5. The Bertz CT molecular complexity index is 572. The van der Waals surface area contributed by atoms with E-state index in [1.165, 1.54) is 16.8 Å². The largest absolute Gasteiger partial charge is 0.379 e. The molecule has 3 aliphatic rings. The molecule has 1 atom stereocenters. The molecule has 2 N–H and O–H groups in total. The molecule has 2 nitrogen and oxygen atoms in total. The van der Waals surface area contributed by atoms with E-state index in [0.29, 0.717) is 0 Å². The highest BCUT2D eigenvalue weighted by molar-refractivity contribution is 5.55. The molecule has 0 amide bonds. The van der Waals surface area contributed by atoms with Gasteiger partial charge in [0, 0.05) is 27.9 Å². The van der Waals surface area contributed by atoms with Crippen molar-refractivity contribution in [3.63, 3.8) is 0 Å². The van der Waals surface area contributed by atoms with Crippen LogP contribution in [0.1, 0.15) is 41.0 Å². The van der Waals surface area contributed by atoms with Gasteiger partial charge >= 0.3 is 0 Å². The molecule has 0 radical (unpaired) electrons. The summed E-state index contributed by atoms with van der Waals surface area (Å²) in [5.41, 5.74) is 6.44. The number of allylic oxidation sites excluding steroid dienone is 3. The van der Waals surface area contributed by atoms with Crippen molar-refractivity contribution in [2.24, 2.45) is 10.8 Å². The summed E-state index contributed by atoms with van der Waals surface area (Å²) in [7, 11) is 0. The summed E-state index contributed by atoms with van der Waals surface area (Å²) in [6, 6.07) is 0. The molecule has 102 valence electrons. The second-order valence-corrected chi connectivity index (χ2v) is 7.42. The monoisotopic (exact) mass is 256 g/mol. The summed E-state index contributed by atoms with van der Waals surface area (Å²) in [6.07, 6.45) is 3.35. The lowest BCUT2D eigenvalue weighted by molar-refractivity contribution is 0.423. The summed E-state index contributed by atoms with van der Waals surface area (Å²) in [4.78, 5) is 0. The molecule has 3 rings (SSSR count). The molecule has 0 aromatic heterocycles. The van der Waals surface area contributed by atoms with Crippen molar-refractivity contribution >= 4 is 0 Å². The van der Waals surface area contributed by atoms with E-state index >= 15 is 0 Å². The van der Waals surface area contributed by atoms with Crippen LogP contribution in [0.4, 0.5) is 0 Å². The van der Waals surface area contributed by atoms with E-state index in [2.05, 4.69) is 64.5 Å². The van der Waals surface area contributed by atoms with Crippen LogP contribution < -0.4 is 10.6 Å². The van der Waals surface area contributed by atoms with Crippen LogP contribution in [0.5, 0.6) is 0 Å². The minimum Gasteiger partial charge on any atom is -0.379 e. The van der Waals surface area contributed by atoms with Crippen LogP contribution in [0.25, 0.3) is 0 Å². The molecule has 0 bridgehead atoms. The molecule has 0 aromatic carbocycles. The predicted octanol–water partition coefficient (Wildman–Crippen LogP) is 3.62. The SMILES string of the molecule is C=C1NC2(C)CC3=C(C=C2C1(C)C)NC(=C)C3(C)C. The first-order valence-electron chi connectivity index (χ1n) is 6.99. The molecule has 1 saturated heterocycles. The number of hydrogen-bond acceptors (Lipinski definition) is 2. The Morgan fingerprint density at radius 1 is 1.00 bits per heavy atom. The van der Waals surface area contributed by atoms with Crippen LogP contribution in [0.2, 0.25) is 0 Å². The van der Waals surface area contributed by atoms with Crippen molar-refractivity contribution < 1.29 is 0 Å². The van der Waals surface area contributed by atoms with Gasteiger partial charge in [-0.2, -0.15) is 0 Å². The van der Waals surface area contributed by atoms with Crippen molar-refractivity contribution in [1.82, 2.24) is 10.6 Å². The zero-order valence-electron chi connectivity index (χ0n) is 12.7. The molecule has 2 heteroatoms. The van der Waals surface area contributed by atoms with Gasteiger partial charge in [0.15, 0.2) is 0 Å². The van der Waals surface area contributed by atoms with Gasteiger partial charge < -0.3 is 10.6 Å². The highest BCUT2D eigenvalue weighted by atomic mass is 15.1. The lowest BCUT2D eigenvalue weighted by Crippen LogP contribution is -2.40. The third kappa shape index (κ3) is 1.37. The highest BCUT2D eigenvalue weighted by Crippen LogP contribution is 2.55. The zero-order valence-corrected chi connectivity index (χ0v) is 12.7. The van der Waals surface area contributed by atoms with Gasteiger partial charge in [0.05, 0.1) is 5.54 Å². The standard InChI is InChI=1S/C17H24N2/c1-10-15(3,4)12-9-17(7)14(8-13(12)18-10)16(5,6)11(2)19-17/h8,18-19H,1-2,9H2,3-7H3. The predicted molar refractivity (Wildman–Crippen MR) is 80.2 cm³/mol. The fraction of sp³-hybridized carbons (Fsp3) is 0.529. The lowest BCUT2D eigenvalue weighted by atomic mass is 9.68. The van der Waals surface area contributed by atoms with Crippen LogP contribution in [-0.4, -0.2) is 5.54 Å². The van der Waals surface area contributed by atoms with Crippen LogP contribution in [0.15, 0.2) is 47.5 Å². The van der Waals surface area contributed by atoms with Crippen molar-refractivity contribution in [3.05, 3.63) is 47.5 Å². The van der Waals surface area contributed by atoms with Gasteiger partial charge in [-0.15, -0.1) is 0 Å². The van der Waals surface area contributed by atoms with E-state index in [1.807, 2.05) is 0 Å². The van der Waals surface area contributed by atoms with Gasteiger partial charge in [0.25, 0.3) is 0 Å². The van der Waals surface area contributed by atoms with E-state index in [-0.39, 0.29) is 16.4 Å². The molecule has 0 saturated carbocycles. The fourth-order valence-electron chi connectivity index (χ4n) is 3.74. The van der Waals surface area contributed by atoms with E-state index in [4.69, 9.17) is 0 Å². The van der Waals surface area contributed by atoms with E-state index in [9.17, 15) is 0 Å². The van der Waals surface area contributed by atoms with Crippen molar-refractivity contribution in [3.8, 4) is 0 Å². The van der Waals surface area contributed by atoms with Gasteiger partial charge in [-0.25, -0.2) is 0 Å². The molecular weight excluding hydrogens is 232 g/mol. The molecule has 0 spiro atoms. The minimum absolute atomic E-state index is 0.00296. The zero-order chi connectivity index (χ0) is 14.2. The summed E-state index contributed by atoms with van der Waals surface area (Å²) in [5.74, 6) is 0. The first-order valence-corrected chi connectivity index (χ1v) is 6.99. The Hall–Kier alpha value is -1.44. The van der Waals surface area contributed by atoms with Crippen molar-refractivity contribution in [1.29, 1.82) is 0 Å². The third-order valence-electron chi connectivity index (χ3n) is 5.39. The minimum atomic E-state index is 0.00296. The van der Waals surface area contributed by atoms with E-state index < -0.39 is 0 Å². The topological polar surface area (TPSA) is 24.1 Å². The number of rotatable bonds is 0. The van der Waals surface area contributed by atoms with Crippen LogP contribution in [-0.2, 0) is 0 Å². The molecule has 2 heterocycles. The van der Waals surface area contributed by atoms with Gasteiger partial charge in [0.1, 0.15) is 0 Å². The maximum Gasteiger partial charge on any atom is 0.0605 e. The Morgan fingerprint density at radius 2 is 1.63 bits per heavy atom. The van der Waals surface area contributed by atoms with Gasteiger partial charge in [-0.05, 0) is 30.6 Å². The quantitative estimate of drug-likeness (QED) is 0.692. The summed E-state index contributed by atoms with van der Waals surface area (Å²) in [5, 5.41) is 7.11. The Kier molecular flexibility index (Phi) is 2.10. The molecule has 1 fully saturated rings. The number of nitrogens with one attached hydrogen (secondary N) is 2. The van der Waals surface area contributed by atoms with Crippen molar-refractivity contribution in [2.45, 2.75) is 46.6 Å². The summed E-state index contributed by atoms with van der Waals surface area (Å²) < 4.78 is 0. The summed E-state index contributed by atoms with van der Waals surface area (Å²) >= 11 is 0. The van der Waals surface area contributed by atoms with Crippen LogP contribution >= 0.6 is 0 Å². The Balaban J connectivity index is 2.15. The molecular formula is C17H24N2. The first kappa shape index (κ1) is 12.6. The number of fused-ring (bicyclic) bond motifs is 1. The maximum absolute atomic E-state index is 4.21. The molecule has 1 unspecified atom stereocenters. The van der Waals surface area contributed by atoms with Gasteiger partial charge in [0.2, 0.25) is 0 Å². The smallest absolute Gasteiger partial charge is 0.0605 e. The van der Waals surface area contributed by atoms with Gasteiger partial charge in [-0.3, -0.25) is 0 Å². The Labute approximate surface area is 116 Å². The van der Waals surface area contributed by atoms with Crippen molar-refractivity contribution in [2.75, 3.05) is 0 Å². The number of hydrogen-bond donors (Lipinski definition) is 2. The summed E-state index contributed by atoms with van der Waals surface area (Å²) in [6.45, 7) is 19.7. The lowest BCUT2D eigenvalue weighted by Gasteiger charge is -2.36. The Morgan fingerprint density at radius 3 is 2.26 bits per heavy atom. The molecule has 2 aliphatic heterocycles. The fourth-order valence-corrected chi connectivity index (χ4v) is 3.74. The average Bonchev–Trinajstić information content (AvgIpc) is 2.59. The average molecular weight is 256 g/mol. The first-order chi connectivity index (χ1) is 8.59. The van der Waals surface area contributed by atoms with Crippen LogP contribution in [0, 0.1) is 10.8 Å². The van der Waals surface area contributed by atoms with E-state index in [0.717, 1.165) is 17.8 Å². The van der Waals surface area contributed by atoms with Gasteiger partial charge in [-0.1, -0.05) is 40.9 Å². The third-order valence-corrected chi connectivity index (χ3v) is 5.39. The second-order valence-electron chi connectivity index (χ2n) is 7.42. The highest BCUT2D eigenvalue weighted by Gasteiger charge is 2.52. The molecule has 0 aromatic rings. The van der Waals surface area contributed by atoms with E-state index in [1.54, 1.807) is 0 Å². The maximum atomic E-state index is 4.21. The second kappa shape index (κ2) is 3.17. The van der Waals surface area contributed by atoms with Crippen LogP contribution in [0.3, 0.4) is 0 Å².